The lowest BCUT2D eigenvalue weighted by Crippen LogP contribution is -2.47. The Morgan fingerprint density at radius 2 is 1.78 bits per heavy atom. The van der Waals surface area contributed by atoms with Crippen molar-refractivity contribution in [3.05, 3.63) is 53.0 Å². The first-order chi connectivity index (χ1) is 13.2. The zero-order valence-electron chi connectivity index (χ0n) is 14.9. The van der Waals surface area contributed by atoms with Crippen LogP contribution in [0.4, 0.5) is 11.5 Å². The number of hydrogen-bond acceptors (Lipinski definition) is 6. The minimum Gasteiger partial charge on any atom is -0.367 e. The van der Waals surface area contributed by atoms with Crippen molar-refractivity contribution in [3.63, 3.8) is 0 Å². The number of pyridine rings is 1. The Labute approximate surface area is 164 Å². The molecule has 1 aromatic carbocycles. The minimum atomic E-state index is 0.650. The first kappa shape index (κ1) is 16.4. The molecule has 0 unspecified atom stereocenters. The lowest BCUT2D eigenvalue weighted by molar-refractivity contribution is 0.639. The van der Waals surface area contributed by atoms with Crippen molar-refractivity contribution in [1.82, 2.24) is 24.6 Å². The van der Waals surface area contributed by atoms with Gasteiger partial charge in [0.2, 0.25) is 0 Å². The van der Waals surface area contributed by atoms with Crippen molar-refractivity contribution in [2.75, 3.05) is 36.0 Å². The molecule has 0 radical (unpaired) electrons. The van der Waals surface area contributed by atoms with Gasteiger partial charge in [0.25, 0.3) is 5.78 Å². The van der Waals surface area contributed by atoms with Gasteiger partial charge in [-0.05, 0) is 31.2 Å². The van der Waals surface area contributed by atoms with E-state index in [0.29, 0.717) is 5.78 Å². The zero-order chi connectivity index (χ0) is 18.4. The number of benzene rings is 1. The fraction of sp³-hybridized carbons (Fsp3) is 0.263. The summed E-state index contributed by atoms with van der Waals surface area (Å²) in [5.74, 6) is 1.70. The summed E-state index contributed by atoms with van der Waals surface area (Å²) in [5, 5.41) is 5.52. The van der Waals surface area contributed by atoms with Gasteiger partial charge in [0.05, 0.1) is 5.52 Å². The number of aryl methyl sites for hydroxylation is 1. The average Bonchev–Trinajstić information content (AvgIpc) is 3.15. The number of nitrogens with zero attached hydrogens (tertiary/aromatic N) is 7. The minimum absolute atomic E-state index is 0.650. The number of rotatable bonds is 2. The van der Waals surface area contributed by atoms with Gasteiger partial charge in [-0.25, -0.2) is 4.98 Å². The first-order valence-corrected chi connectivity index (χ1v) is 9.70. The molecular formula is C19H18BrN7. The SMILES string of the molecule is Cc1cc(N2CCN(c3ccnc4ccc(Br)cc34)CC2)n2ncnc2n1. The van der Waals surface area contributed by atoms with Crippen molar-refractivity contribution >= 4 is 44.1 Å². The Bertz CT molecular complexity index is 1130. The molecule has 0 bridgehead atoms. The molecule has 7 nitrogen and oxygen atoms in total. The molecule has 0 aliphatic carbocycles. The Hall–Kier alpha value is -2.74. The van der Waals surface area contributed by atoms with Crippen LogP contribution in [-0.2, 0) is 0 Å². The van der Waals surface area contributed by atoms with Gasteiger partial charge >= 0.3 is 0 Å². The number of fused-ring (bicyclic) bond motifs is 2. The van der Waals surface area contributed by atoms with Gasteiger partial charge in [0.15, 0.2) is 0 Å². The maximum absolute atomic E-state index is 4.49. The molecular weight excluding hydrogens is 406 g/mol. The molecule has 1 aliphatic rings. The molecule has 0 spiro atoms. The lowest BCUT2D eigenvalue weighted by Gasteiger charge is -2.37. The Kier molecular flexibility index (Phi) is 3.93. The Balaban J connectivity index is 1.44. The predicted octanol–water partition coefficient (Wildman–Crippen LogP) is 3.07. The maximum Gasteiger partial charge on any atom is 0.254 e. The van der Waals surface area contributed by atoms with Crippen LogP contribution in [0.5, 0.6) is 0 Å². The molecule has 4 aromatic rings. The van der Waals surface area contributed by atoms with Crippen LogP contribution in [-0.4, -0.2) is 50.7 Å². The molecule has 3 aromatic heterocycles. The highest BCUT2D eigenvalue weighted by atomic mass is 79.9. The second-order valence-electron chi connectivity index (χ2n) is 6.69. The fourth-order valence-electron chi connectivity index (χ4n) is 3.69. The van der Waals surface area contributed by atoms with Crippen LogP contribution in [0, 0.1) is 6.92 Å². The highest BCUT2D eigenvalue weighted by molar-refractivity contribution is 9.10. The topological polar surface area (TPSA) is 62.5 Å². The highest BCUT2D eigenvalue weighted by Gasteiger charge is 2.21. The molecule has 1 saturated heterocycles. The quantitative estimate of drug-likeness (QED) is 0.493. The van der Waals surface area contributed by atoms with Crippen LogP contribution in [0.25, 0.3) is 16.7 Å². The molecule has 1 fully saturated rings. The third kappa shape index (κ3) is 2.90. The van der Waals surface area contributed by atoms with Crippen molar-refractivity contribution in [2.24, 2.45) is 0 Å². The third-order valence-corrected chi connectivity index (χ3v) is 5.48. The molecule has 0 amide bonds. The molecule has 1 aliphatic heterocycles. The van der Waals surface area contributed by atoms with Gasteiger partial charge in [-0.1, -0.05) is 15.9 Å². The van der Waals surface area contributed by atoms with Gasteiger partial charge < -0.3 is 9.80 Å². The van der Waals surface area contributed by atoms with E-state index in [4.69, 9.17) is 0 Å². The summed E-state index contributed by atoms with van der Waals surface area (Å²) < 4.78 is 2.89. The average molecular weight is 424 g/mol. The number of halogens is 1. The summed E-state index contributed by atoms with van der Waals surface area (Å²) in [6.07, 6.45) is 3.45. The van der Waals surface area contributed by atoms with E-state index in [9.17, 15) is 0 Å². The molecule has 5 rings (SSSR count). The van der Waals surface area contributed by atoms with Crippen LogP contribution >= 0.6 is 15.9 Å². The zero-order valence-corrected chi connectivity index (χ0v) is 16.5. The number of anilines is 2. The molecule has 0 atom stereocenters. The van der Waals surface area contributed by atoms with Crippen molar-refractivity contribution in [1.29, 1.82) is 0 Å². The van der Waals surface area contributed by atoms with Gasteiger partial charge in [-0.15, -0.1) is 0 Å². The highest BCUT2D eigenvalue weighted by Crippen LogP contribution is 2.29. The summed E-state index contributed by atoms with van der Waals surface area (Å²) >= 11 is 3.58. The monoisotopic (exact) mass is 423 g/mol. The maximum atomic E-state index is 4.49. The van der Waals surface area contributed by atoms with Crippen molar-refractivity contribution < 1.29 is 0 Å². The smallest absolute Gasteiger partial charge is 0.254 e. The molecule has 136 valence electrons. The number of aromatic nitrogens is 5. The third-order valence-electron chi connectivity index (χ3n) is 4.99. The van der Waals surface area contributed by atoms with E-state index in [0.717, 1.165) is 47.7 Å². The van der Waals surface area contributed by atoms with E-state index in [1.165, 1.54) is 11.1 Å². The Morgan fingerprint density at radius 3 is 2.63 bits per heavy atom. The van der Waals surface area contributed by atoms with E-state index in [2.05, 4.69) is 70.0 Å². The second-order valence-corrected chi connectivity index (χ2v) is 7.61. The largest absolute Gasteiger partial charge is 0.367 e. The Morgan fingerprint density at radius 1 is 0.963 bits per heavy atom. The summed E-state index contributed by atoms with van der Waals surface area (Å²) in [6, 6.07) is 10.4. The molecule has 27 heavy (non-hydrogen) atoms. The number of piperazine rings is 1. The van der Waals surface area contributed by atoms with Crippen LogP contribution in [0.1, 0.15) is 5.69 Å². The molecule has 8 heteroatoms. The predicted molar refractivity (Wildman–Crippen MR) is 109 cm³/mol. The standard InChI is InChI=1S/C19H18BrN7/c1-13-10-18(27-19(24-13)22-12-23-27)26-8-6-25(7-9-26)17-4-5-21-16-3-2-14(20)11-15(16)17/h2-5,10-12H,6-9H2,1H3. The van der Waals surface area contributed by atoms with Gasteiger partial charge in [0.1, 0.15) is 12.1 Å². The van der Waals surface area contributed by atoms with Crippen molar-refractivity contribution in [3.8, 4) is 0 Å². The van der Waals surface area contributed by atoms with Crippen molar-refractivity contribution in [2.45, 2.75) is 6.92 Å². The van der Waals surface area contributed by atoms with E-state index < -0.39 is 0 Å². The summed E-state index contributed by atoms with van der Waals surface area (Å²) in [7, 11) is 0. The fourth-order valence-corrected chi connectivity index (χ4v) is 4.05. The normalized spacial score (nSPS) is 15.0. The molecule has 0 saturated carbocycles. The van der Waals surface area contributed by atoms with Gasteiger partial charge in [-0.2, -0.15) is 14.6 Å². The summed E-state index contributed by atoms with van der Waals surface area (Å²) in [5.41, 5.74) is 3.21. The number of hydrogen-bond donors (Lipinski definition) is 0. The first-order valence-electron chi connectivity index (χ1n) is 8.90. The summed E-state index contributed by atoms with van der Waals surface area (Å²) in [4.78, 5) is 17.9. The van der Waals surface area contributed by atoms with Gasteiger partial charge in [0, 0.05) is 59.7 Å². The van der Waals surface area contributed by atoms with Gasteiger partial charge in [-0.3, -0.25) is 4.98 Å². The second kappa shape index (κ2) is 6.45. The summed E-state index contributed by atoms with van der Waals surface area (Å²) in [6.45, 7) is 5.69. The van der Waals surface area contributed by atoms with Crippen LogP contribution in [0.15, 0.2) is 47.3 Å². The lowest BCUT2D eigenvalue weighted by atomic mass is 10.1. The van der Waals surface area contributed by atoms with Crippen LogP contribution in [0.3, 0.4) is 0 Å². The van der Waals surface area contributed by atoms with E-state index in [1.54, 1.807) is 6.33 Å². The molecule has 4 heterocycles. The van der Waals surface area contributed by atoms with E-state index in [-0.39, 0.29) is 0 Å². The molecule has 0 N–H and O–H groups in total. The van der Waals surface area contributed by atoms with Crippen LogP contribution in [0.2, 0.25) is 0 Å². The van der Waals surface area contributed by atoms with E-state index in [1.807, 2.05) is 23.7 Å². The van der Waals surface area contributed by atoms with E-state index >= 15 is 0 Å². The van der Waals surface area contributed by atoms with Crippen LogP contribution < -0.4 is 9.80 Å².